The van der Waals surface area contributed by atoms with E-state index in [4.69, 9.17) is 0 Å². The van der Waals surface area contributed by atoms with E-state index in [9.17, 15) is 13.2 Å². The van der Waals surface area contributed by atoms with E-state index in [1.807, 2.05) is 0 Å². The molecule has 19 heavy (non-hydrogen) atoms. The number of rotatable bonds is 1. The van der Waals surface area contributed by atoms with Gasteiger partial charge in [0.05, 0.1) is 17.3 Å². The molecule has 1 aromatic carbocycles. The maximum Gasteiger partial charge on any atom is 0.417 e. The first-order valence-electron chi connectivity index (χ1n) is 5.53. The standard InChI is InChI=1S/C13H8F3N3/c14-13(15,16)11-5-2-1-4-9(11)10-8-18-19-12(10)6-3-7-17-19/h1-8H. The molecule has 96 valence electrons. The van der Waals surface area contributed by atoms with E-state index >= 15 is 0 Å². The van der Waals surface area contributed by atoms with Gasteiger partial charge in [-0.25, -0.2) is 0 Å². The Bertz CT molecular complexity index is 731. The normalized spacial score (nSPS) is 11.9. The van der Waals surface area contributed by atoms with Gasteiger partial charge >= 0.3 is 6.18 Å². The highest BCUT2D eigenvalue weighted by Gasteiger charge is 2.33. The van der Waals surface area contributed by atoms with E-state index in [1.165, 1.54) is 29.2 Å². The van der Waals surface area contributed by atoms with Crippen LogP contribution in [0, 0.1) is 0 Å². The van der Waals surface area contributed by atoms with Gasteiger partial charge < -0.3 is 0 Å². The lowest BCUT2D eigenvalue weighted by atomic mass is 10.0. The lowest BCUT2D eigenvalue weighted by Crippen LogP contribution is -2.06. The fourth-order valence-corrected chi connectivity index (χ4v) is 2.01. The highest BCUT2D eigenvalue weighted by molar-refractivity contribution is 5.81. The number of benzene rings is 1. The number of alkyl halides is 3. The molecule has 0 saturated carbocycles. The summed E-state index contributed by atoms with van der Waals surface area (Å²) in [7, 11) is 0. The van der Waals surface area contributed by atoms with Crippen LogP contribution in [0.25, 0.3) is 16.6 Å². The number of fused-ring (bicyclic) bond motifs is 1. The molecule has 0 fully saturated rings. The lowest BCUT2D eigenvalue weighted by molar-refractivity contribution is -0.137. The van der Waals surface area contributed by atoms with Crippen molar-refractivity contribution < 1.29 is 13.2 Å². The van der Waals surface area contributed by atoms with Crippen LogP contribution in [0.1, 0.15) is 5.56 Å². The molecule has 3 nitrogen and oxygen atoms in total. The molecule has 0 unspecified atom stereocenters. The highest BCUT2D eigenvalue weighted by Crippen LogP contribution is 2.37. The summed E-state index contributed by atoms with van der Waals surface area (Å²) in [5.74, 6) is 0. The molecule has 2 aromatic heterocycles. The second-order valence-corrected chi connectivity index (χ2v) is 4.00. The Hall–Kier alpha value is -2.37. The molecule has 0 atom stereocenters. The van der Waals surface area contributed by atoms with Crippen molar-refractivity contribution in [1.82, 2.24) is 14.8 Å². The van der Waals surface area contributed by atoms with Gasteiger partial charge in [-0.2, -0.15) is 28.0 Å². The second kappa shape index (κ2) is 4.08. The Kier molecular flexibility index (Phi) is 2.51. The largest absolute Gasteiger partial charge is 0.417 e. The van der Waals surface area contributed by atoms with Gasteiger partial charge in [-0.05, 0) is 23.8 Å². The topological polar surface area (TPSA) is 30.2 Å². The molecule has 3 aromatic rings. The molecule has 0 radical (unpaired) electrons. The fourth-order valence-electron chi connectivity index (χ4n) is 2.01. The summed E-state index contributed by atoms with van der Waals surface area (Å²) >= 11 is 0. The highest BCUT2D eigenvalue weighted by atomic mass is 19.4. The van der Waals surface area contributed by atoms with Gasteiger partial charge in [0.2, 0.25) is 0 Å². The van der Waals surface area contributed by atoms with Gasteiger partial charge in [0.15, 0.2) is 0 Å². The van der Waals surface area contributed by atoms with Gasteiger partial charge in [0.25, 0.3) is 0 Å². The maximum absolute atomic E-state index is 13.0. The minimum atomic E-state index is -4.40. The van der Waals surface area contributed by atoms with Crippen LogP contribution in [0.15, 0.2) is 48.8 Å². The van der Waals surface area contributed by atoms with Crippen molar-refractivity contribution in [3.05, 3.63) is 54.4 Å². The first-order chi connectivity index (χ1) is 9.07. The van der Waals surface area contributed by atoms with E-state index in [2.05, 4.69) is 10.2 Å². The smallest absolute Gasteiger partial charge is 0.166 e. The average molecular weight is 263 g/mol. The molecular formula is C13H8F3N3. The Morgan fingerprint density at radius 3 is 2.47 bits per heavy atom. The molecule has 6 heteroatoms. The number of hydrogen-bond donors (Lipinski definition) is 0. The third kappa shape index (κ3) is 1.95. The quantitative estimate of drug-likeness (QED) is 0.673. The molecule has 3 rings (SSSR count). The number of aromatic nitrogens is 3. The minimum absolute atomic E-state index is 0.109. The van der Waals surface area contributed by atoms with Gasteiger partial charge in [-0.3, -0.25) is 0 Å². The van der Waals surface area contributed by atoms with Crippen LogP contribution in [-0.4, -0.2) is 14.8 Å². The Morgan fingerprint density at radius 2 is 1.68 bits per heavy atom. The predicted molar refractivity (Wildman–Crippen MR) is 63.4 cm³/mol. The van der Waals surface area contributed by atoms with E-state index in [0.29, 0.717) is 11.1 Å². The number of hydrogen-bond acceptors (Lipinski definition) is 2. The summed E-state index contributed by atoms with van der Waals surface area (Å²) in [6.45, 7) is 0. The molecule has 0 N–H and O–H groups in total. The summed E-state index contributed by atoms with van der Waals surface area (Å²) in [6.07, 6.45) is -1.47. The van der Waals surface area contributed by atoms with Crippen LogP contribution in [0.5, 0.6) is 0 Å². The van der Waals surface area contributed by atoms with Crippen molar-refractivity contribution in [2.45, 2.75) is 6.18 Å². The third-order valence-corrected chi connectivity index (χ3v) is 2.83. The molecule has 0 amide bonds. The molecule has 2 heterocycles. The number of nitrogens with zero attached hydrogens (tertiary/aromatic N) is 3. The SMILES string of the molecule is FC(F)(F)c1ccccc1-c1cnn2ncccc12. The van der Waals surface area contributed by atoms with Crippen LogP contribution < -0.4 is 0 Å². The molecular weight excluding hydrogens is 255 g/mol. The molecule has 0 spiro atoms. The molecule has 0 aliphatic carbocycles. The summed E-state index contributed by atoms with van der Waals surface area (Å²) in [5.41, 5.74) is 0.395. The van der Waals surface area contributed by atoms with Crippen LogP contribution >= 0.6 is 0 Å². The van der Waals surface area contributed by atoms with E-state index in [1.54, 1.807) is 18.2 Å². The average Bonchev–Trinajstić information content (AvgIpc) is 2.81. The Balaban J connectivity index is 2.28. The van der Waals surface area contributed by atoms with Crippen molar-refractivity contribution >= 4 is 5.52 Å². The van der Waals surface area contributed by atoms with E-state index < -0.39 is 11.7 Å². The minimum Gasteiger partial charge on any atom is -0.166 e. The van der Waals surface area contributed by atoms with Crippen molar-refractivity contribution in [3.63, 3.8) is 0 Å². The van der Waals surface area contributed by atoms with Crippen LogP contribution in [-0.2, 0) is 6.18 Å². The van der Waals surface area contributed by atoms with Crippen molar-refractivity contribution in [1.29, 1.82) is 0 Å². The van der Waals surface area contributed by atoms with Crippen molar-refractivity contribution in [3.8, 4) is 11.1 Å². The molecule has 0 saturated heterocycles. The monoisotopic (exact) mass is 263 g/mol. The van der Waals surface area contributed by atoms with Crippen LogP contribution in [0.2, 0.25) is 0 Å². The van der Waals surface area contributed by atoms with Crippen molar-refractivity contribution in [2.24, 2.45) is 0 Å². The predicted octanol–water partition coefficient (Wildman–Crippen LogP) is 3.42. The summed E-state index contributed by atoms with van der Waals surface area (Å²) in [5, 5.41) is 7.90. The van der Waals surface area contributed by atoms with Gasteiger partial charge in [0, 0.05) is 11.8 Å². The van der Waals surface area contributed by atoms with Gasteiger partial charge in [-0.15, -0.1) is 0 Å². The van der Waals surface area contributed by atoms with Crippen molar-refractivity contribution in [2.75, 3.05) is 0 Å². The Morgan fingerprint density at radius 1 is 0.895 bits per heavy atom. The number of halogens is 3. The molecule has 0 aliphatic heterocycles. The first kappa shape index (κ1) is 11.7. The van der Waals surface area contributed by atoms with E-state index in [0.717, 1.165) is 6.07 Å². The second-order valence-electron chi connectivity index (χ2n) is 4.00. The lowest BCUT2D eigenvalue weighted by Gasteiger charge is -2.11. The Labute approximate surface area is 106 Å². The van der Waals surface area contributed by atoms with Gasteiger partial charge in [-0.1, -0.05) is 18.2 Å². The summed E-state index contributed by atoms with van der Waals surface area (Å²) in [4.78, 5) is 0. The first-order valence-corrected chi connectivity index (χ1v) is 5.53. The zero-order chi connectivity index (χ0) is 13.5. The molecule has 0 bridgehead atoms. The molecule has 0 aliphatic rings. The van der Waals surface area contributed by atoms with Crippen LogP contribution in [0.3, 0.4) is 0 Å². The fraction of sp³-hybridized carbons (Fsp3) is 0.0769. The zero-order valence-corrected chi connectivity index (χ0v) is 9.59. The van der Waals surface area contributed by atoms with Crippen LogP contribution in [0.4, 0.5) is 13.2 Å². The van der Waals surface area contributed by atoms with E-state index in [-0.39, 0.29) is 5.56 Å². The third-order valence-electron chi connectivity index (χ3n) is 2.83. The van der Waals surface area contributed by atoms with Gasteiger partial charge in [0.1, 0.15) is 0 Å². The maximum atomic E-state index is 13.0. The summed E-state index contributed by atoms with van der Waals surface area (Å²) in [6, 6.07) is 8.79. The zero-order valence-electron chi connectivity index (χ0n) is 9.59. The summed E-state index contributed by atoms with van der Waals surface area (Å²) < 4.78 is 40.3.